The van der Waals surface area contributed by atoms with Crippen LogP contribution in [0.15, 0.2) is 0 Å². The van der Waals surface area contributed by atoms with Gasteiger partial charge in [0.25, 0.3) is 0 Å². The summed E-state index contributed by atoms with van der Waals surface area (Å²) >= 11 is 0. The zero-order valence-corrected chi connectivity index (χ0v) is 13.7. The Bertz CT molecular complexity index is 118. The lowest BCUT2D eigenvalue weighted by Crippen LogP contribution is -2.23. The van der Waals surface area contributed by atoms with Crippen molar-refractivity contribution in [1.82, 2.24) is 0 Å². The van der Waals surface area contributed by atoms with Gasteiger partial charge in [-0.25, -0.2) is 0 Å². The molecule has 17 heavy (non-hydrogen) atoms. The van der Waals surface area contributed by atoms with Crippen LogP contribution < -0.4 is 0 Å². The molecule has 0 nitrogen and oxygen atoms in total. The van der Waals surface area contributed by atoms with Crippen LogP contribution in [0.25, 0.3) is 0 Å². The Morgan fingerprint density at radius 2 is 1.29 bits per heavy atom. The van der Waals surface area contributed by atoms with Crippen molar-refractivity contribution in [3.8, 4) is 0 Å². The van der Waals surface area contributed by atoms with Crippen LogP contribution in [-0.4, -0.2) is 0 Å². The minimum absolute atomic E-state index is 0.898. The molecule has 0 aromatic rings. The molecule has 1 fully saturated rings. The molecule has 1 unspecified atom stereocenters. The first kappa shape index (κ1) is 19.3. The minimum atomic E-state index is 0.898. The summed E-state index contributed by atoms with van der Waals surface area (Å²) in [5, 5.41) is 0. The van der Waals surface area contributed by atoms with E-state index in [2.05, 4.69) is 34.6 Å². The molecule has 0 saturated heterocycles. The predicted molar refractivity (Wildman–Crippen MR) is 82.5 cm³/mol. The maximum absolute atomic E-state index is 2.40. The molecule has 106 valence electrons. The molecule has 0 bridgehead atoms. The molecule has 1 rings (SSSR count). The monoisotopic (exact) mass is 242 g/mol. The van der Waals surface area contributed by atoms with E-state index in [1.54, 1.807) is 0 Å². The maximum Gasteiger partial charge on any atom is -0.0386 e. The van der Waals surface area contributed by atoms with E-state index in [4.69, 9.17) is 0 Å². The predicted octanol–water partition coefficient (Wildman–Crippen LogP) is 6.69. The highest BCUT2D eigenvalue weighted by atomic mass is 14.3. The van der Waals surface area contributed by atoms with Crippen molar-refractivity contribution >= 4 is 0 Å². The van der Waals surface area contributed by atoms with Crippen molar-refractivity contribution in [2.45, 2.75) is 93.4 Å². The largest absolute Gasteiger partial charge is 0.0683 e. The molecule has 0 aromatic heterocycles. The van der Waals surface area contributed by atoms with Gasteiger partial charge in [-0.1, -0.05) is 93.4 Å². The standard InChI is InChI=1S/C9H18.C6H14.C2H6/c1-7(2)8(3)9-5-4-6-9;1-3-5-6-4-2;1-2/h7-9H,4-6H2,1-3H3;3-6H2,1-2H3;1-2H3. The van der Waals surface area contributed by atoms with E-state index >= 15 is 0 Å². The van der Waals surface area contributed by atoms with Crippen LogP contribution in [0.1, 0.15) is 93.4 Å². The zero-order chi connectivity index (χ0) is 13.7. The molecule has 0 radical (unpaired) electrons. The smallest absolute Gasteiger partial charge is 0.0386 e. The van der Waals surface area contributed by atoms with E-state index in [-0.39, 0.29) is 0 Å². The fourth-order valence-electron chi connectivity index (χ4n) is 2.01. The van der Waals surface area contributed by atoms with E-state index in [0.29, 0.717) is 0 Å². The van der Waals surface area contributed by atoms with Crippen LogP contribution in [0.4, 0.5) is 0 Å². The van der Waals surface area contributed by atoms with Crippen LogP contribution in [-0.2, 0) is 0 Å². The molecule has 0 N–H and O–H groups in total. The quantitative estimate of drug-likeness (QED) is 0.471. The van der Waals surface area contributed by atoms with E-state index in [9.17, 15) is 0 Å². The average molecular weight is 242 g/mol. The van der Waals surface area contributed by atoms with Crippen molar-refractivity contribution in [3.63, 3.8) is 0 Å². The molecule has 0 amide bonds. The fourth-order valence-corrected chi connectivity index (χ4v) is 2.01. The van der Waals surface area contributed by atoms with Gasteiger partial charge in [0.2, 0.25) is 0 Å². The van der Waals surface area contributed by atoms with Crippen LogP contribution >= 0.6 is 0 Å². The molecule has 0 aliphatic heterocycles. The first-order chi connectivity index (χ1) is 8.13. The van der Waals surface area contributed by atoms with Crippen molar-refractivity contribution in [3.05, 3.63) is 0 Å². The summed E-state index contributed by atoms with van der Waals surface area (Å²) < 4.78 is 0. The van der Waals surface area contributed by atoms with Crippen LogP contribution in [0, 0.1) is 17.8 Å². The summed E-state index contributed by atoms with van der Waals surface area (Å²) in [6, 6.07) is 0. The Hall–Kier alpha value is 0. The second kappa shape index (κ2) is 14.1. The topological polar surface area (TPSA) is 0 Å². The van der Waals surface area contributed by atoms with Gasteiger partial charge in [0.05, 0.1) is 0 Å². The highest BCUT2D eigenvalue weighted by Crippen LogP contribution is 2.36. The molecule has 1 aliphatic carbocycles. The summed E-state index contributed by atoms with van der Waals surface area (Å²) in [4.78, 5) is 0. The molecular weight excluding hydrogens is 204 g/mol. The van der Waals surface area contributed by atoms with Crippen LogP contribution in [0.3, 0.4) is 0 Å². The van der Waals surface area contributed by atoms with E-state index in [1.807, 2.05) is 13.8 Å². The molecule has 0 heteroatoms. The van der Waals surface area contributed by atoms with E-state index in [0.717, 1.165) is 17.8 Å². The zero-order valence-electron chi connectivity index (χ0n) is 13.7. The number of hydrogen-bond acceptors (Lipinski definition) is 0. The Balaban J connectivity index is 0. The van der Waals surface area contributed by atoms with Gasteiger partial charge in [-0.15, -0.1) is 0 Å². The Kier molecular flexibility index (Phi) is 16.0. The normalized spacial score (nSPS) is 16.2. The average Bonchev–Trinajstić information content (AvgIpc) is 2.27. The van der Waals surface area contributed by atoms with Crippen LogP contribution in [0.2, 0.25) is 0 Å². The van der Waals surface area contributed by atoms with Gasteiger partial charge in [-0.2, -0.15) is 0 Å². The molecule has 0 aromatic carbocycles. The summed E-state index contributed by atoms with van der Waals surface area (Å²) in [6.07, 6.45) is 10.0. The van der Waals surface area contributed by atoms with Crippen molar-refractivity contribution < 1.29 is 0 Å². The SMILES string of the molecule is CC.CC(C)C(C)C1CCC1.CCCCCC. The van der Waals surface area contributed by atoms with Gasteiger partial charge < -0.3 is 0 Å². The van der Waals surface area contributed by atoms with Gasteiger partial charge >= 0.3 is 0 Å². The lowest BCUT2D eigenvalue weighted by Gasteiger charge is -2.33. The third-order valence-corrected chi connectivity index (χ3v) is 3.90. The van der Waals surface area contributed by atoms with Gasteiger partial charge in [0, 0.05) is 0 Å². The molecule has 0 heterocycles. The van der Waals surface area contributed by atoms with Gasteiger partial charge in [0.15, 0.2) is 0 Å². The van der Waals surface area contributed by atoms with Crippen molar-refractivity contribution in [2.24, 2.45) is 17.8 Å². The molecular formula is C17H38. The summed E-state index contributed by atoms with van der Waals surface area (Å²) in [7, 11) is 0. The van der Waals surface area contributed by atoms with Crippen molar-refractivity contribution in [1.29, 1.82) is 0 Å². The lowest BCUT2D eigenvalue weighted by molar-refractivity contribution is 0.176. The molecule has 1 saturated carbocycles. The Morgan fingerprint density at radius 1 is 0.882 bits per heavy atom. The number of hydrogen-bond donors (Lipinski definition) is 0. The van der Waals surface area contributed by atoms with Crippen LogP contribution in [0.5, 0.6) is 0 Å². The maximum atomic E-state index is 2.40. The highest BCUT2D eigenvalue weighted by Gasteiger charge is 2.25. The Labute approximate surface area is 112 Å². The molecule has 0 spiro atoms. The third kappa shape index (κ3) is 10.9. The summed E-state index contributed by atoms with van der Waals surface area (Å²) in [5.41, 5.74) is 0. The van der Waals surface area contributed by atoms with Crippen molar-refractivity contribution in [2.75, 3.05) is 0 Å². The molecule has 1 atom stereocenters. The van der Waals surface area contributed by atoms with Gasteiger partial charge in [-0.3, -0.25) is 0 Å². The molecule has 1 aliphatic rings. The number of unbranched alkanes of at least 4 members (excludes halogenated alkanes) is 3. The summed E-state index contributed by atoms with van der Waals surface area (Å²) in [6.45, 7) is 15.5. The minimum Gasteiger partial charge on any atom is -0.0683 e. The first-order valence-electron chi connectivity index (χ1n) is 8.13. The first-order valence-corrected chi connectivity index (χ1v) is 8.13. The Morgan fingerprint density at radius 3 is 1.41 bits per heavy atom. The van der Waals surface area contributed by atoms with Gasteiger partial charge in [0.1, 0.15) is 0 Å². The second-order valence-electron chi connectivity index (χ2n) is 5.50. The van der Waals surface area contributed by atoms with E-state index < -0.39 is 0 Å². The number of rotatable bonds is 5. The lowest BCUT2D eigenvalue weighted by atomic mass is 9.72. The fraction of sp³-hybridized carbons (Fsp3) is 1.00. The third-order valence-electron chi connectivity index (χ3n) is 3.90. The second-order valence-corrected chi connectivity index (χ2v) is 5.50. The summed E-state index contributed by atoms with van der Waals surface area (Å²) in [5.74, 6) is 2.94. The van der Waals surface area contributed by atoms with Gasteiger partial charge in [-0.05, 0) is 17.8 Å². The highest BCUT2D eigenvalue weighted by molar-refractivity contribution is 4.76. The van der Waals surface area contributed by atoms with E-state index in [1.165, 1.54) is 44.9 Å².